The molecule has 1 unspecified atom stereocenters. The maximum Gasteiger partial charge on any atom is 0.248 e. The van der Waals surface area contributed by atoms with E-state index in [0.29, 0.717) is 5.92 Å². The van der Waals surface area contributed by atoms with Gasteiger partial charge in [0.1, 0.15) is 6.61 Å². The first-order chi connectivity index (χ1) is 6.02. The maximum atomic E-state index is 11.4. The van der Waals surface area contributed by atoms with Crippen LogP contribution < -0.4 is 0 Å². The summed E-state index contributed by atoms with van der Waals surface area (Å²) in [4.78, 5) is 13.3. The van der Waals surface area contributed by atoms with Crippen LogP contribution in [0.4, 0.5) is 0 Å². The Kier molecular flexibility index (Phi) is 3.31. The van der Waals surface area contributed by atoms with Gasteiger partial charge >= 0.3 is 0 Å². The molecule has 3 heteroatoms. The first-order valence-corrected chi connectivity index (χ1v) is 4.93. The van der Waals surface area contributed by atoms with Crippen LogP contribution in [-0.4, -0.2) is 36.1 Å². The zero-order valence-electron chi connectivity index (χ0n) is 8.91. The van der Waals surface area contributed by atoms with Crippen LogP contribution in [-0.2, 0) is 9.53 Å². The molecule has 0 N–H and O–H groups in total. The second-order valence-electron chi connectivity index (χ2n) is 4.23. The number of carbonyl (C=O) groups is 1. The van der Waals surface area contributed by atoms with Gasteiger partial charge in [-0.15, -0.1) is 0 Å². The zero-order valence-corrected chi connectivity index (χ0v) is 8.91. The van der Waals surface area contributed by atoms with Crippen molar-refractivity contribution in [3.8, 4) is 0 Å². The molecule has 1 atom stereocenters. The van der Waals surface area contributed by atoms with E-state index in [1.807, 2.05) is 18.7 Å². The molecule has 1 heterocycles. The Balaban J connectivity index is 2.58. The fourth-order valence-electron chi connectivity index (χ4n) is 1.51. The van der Waals surface area contributed by atoms with Crippen molar-refractivity contribution >= 4 is 5.91 Å². The van der Waals surface area contributed by atoms with Gasteiger partial charge in [-0.2, -0.15) is 0 Å². The second kappa shape index (κ2) is 4.09. The summed E-state index contributed by atoms with van der Waals surface area (Å²) in [7, 11) is 0. The van der Waals surface area contributed by atoms with E-state index in [1.54, 1.807) is 0 Å². The lowest BCUT2D eigenvalue weighted by atomic mass is 10.0. The second-order valence-corrected chi connectivity index (χ2v) is 4.23. The Morgan fingerprint density at radius 1 is 1.38 bits per heavy atom. The average Bonchev–Trinajstić information content (AvgIpc) is 2.04. The lowest BCUT2D eigenvalue weighted by Gasteiger charge is -2.37. The molecule has 13 heavy (non-hydrogen) atoms. The molecule has 0 bridgehead atoms. The van der Waals surface area contributed by atoms with Gasteiger partial charge in [-0.25, -0.2) is 0 Å². The number of hydrogen-bond donors (Lipinski definition) is 0. The lowest BCUT2D eigenvalue weighted by Crippen LogP contribution is -2.51. The molecule has 76 valence electrons. The molecule has 1 saturated heterocycles. The summed E-state index contributed by atoms with van der Waals surface area (Å²) in [6.07, 6.45) is 0.208. The van der Waals surface area contributed by atoms with Gasteiger partial charge in [0.05, 0.1) is 6.10 Å². The van der Waals surface area contributed by atoms with Crippen LogP contribution in [0.1, 0.15) is 27.7 Å². The van der Waals surface area contributed by atoms with Crippen LogP contribution >= 0.6 is 0 Å². The van der Waals surface area contributed by atoms with Crippen LogP contribution in [0.15, 0.2) is 0 Å². The number of nitrogens with zero attached hydrogens (tertiary/aromatic N) is 1. The first kappa shape index (κ1) is 10.5. The van der Waals surface area contributed by atoms with Gasteiger partial charge in [0, 0.05) is 12.6 Å². The van der Waals surface area contributed by atoms with Gasteiger partial charge in [0.15, 0.2) is 0 Å². The minimum absolute atomic E-state index is 0.118. The van der Waals surface area contributed by atoms with Crippen molar-refractivity contribution in [1.29, 1.82) is 0 Å². The Bertz CT molecular complexity index is 189. The van der Waals surface area contributed by atoms with E-state index in [2.05, 4.69) is 13.8 Å². The zero-order chi connectivity index (χ0) is 10.0. The highest BCUT2D eigenvalue weighted by Crippen LogP contribution is 2.15. The molecule has 0 aromatic rings. The van der Waals surface area contributed by atoms with Crippen molar-refractivity contribution in [2.45, 2.75) is 39.8 Å². The van der Waals surface area contributed by atoms with Crippen molar-refractivity contribution in [2.75, 3.05) is 13.2 Å². The molecule has 1 rings (SSSR count). The van der Waals surface area contributed by atoms with E-state index >= 15 is 0 Å². The van der Waals surface area contributed by atoms with Crippen molar-refractivity contribution in [2.24, 2.45) is 5.92 Å². The fourth-order valence-corrected chi connectivity index (χ4v) is 1.51. The fraction of sp³-hybridized carbons (Fsp3) is 0.900. The Morgan fingerprint density at radius 3 is 2.46 bits per heavy atom. The summed E-state index contributed by atoms with van der Waals surface area (Å²) in [5.41, 5.74) is 0. The number of hydrogen-bond acceptors (Lipinski definition) is 2. The number of amides is 1. The minimum Gasteiger partial charge on any atom is -0.366 e. The van der Waals surface area contributed by atoms with Crippen molar-refractivity contribution < 1.29 is 9.53 Å². The molecule has 3 nitrogen and oxygen atoms in total. The Hall–Kier alpha value is -0.570. The molecule has 0 radical (unpaired) electrons. The molecule has 0 spiro atoms. The maximum absolute atomic E-state index is 11.4. The molecule has 1 fully saturated rings. The highest BCUT2D eigenvalue weighted by molar-refractivity contribution is 5.78. The number of morpholine rings is 1. The number of carbonyl (C=O) groups excluding carboxylic acids is 1. The van der Waals surface area contributed by atoms with Gasteiger partial charge in [0.2, 0.25) is 5.91 Å². The Labute approximate surface area is 80.1 Å². The van der Waals surface area contributed by atoms with Gasteiger partial charge in [0.25, 0.3) is 0 Å². The van der Waals surface area contributed by atoms with Gasteiger partial charge < -0.3 is 9.64 Å². The molecule has 0 aromatic carbocycles. The molecular formula is C10H19NO2. The molecule has 0 aliphatic carbocycles. The van der Waals surface area contributed by atoms with E-state index in [9.17, 15) is 4.79 Å². The molecule has 1 amide bonds. The van der Waals surface area contributed by atoms with E-state index in [1.165, 1.54) is 0 Å². The monoisotopic (exact) mass is 185 g/mol. The quantitative estimate of drug-likeness (QED) is 0.648. The highest BCUT2D eigenvalue weighted by Gasteiger charge is 2.29. The highest BCUT2D eigenvalue weighted by atomic mass is 16.5. The largest absolute Gasteiger partial charge is 0.366 e. The molecule has 1 aliphatic rings. The predicted octanol–water partition coefficient (Wildman–Crippen LogP) is 1.28. The summed E-state index contributed by atoms with van der Waals surface area (Å²) >= 11 is 0. The predicted molar refractivity (Wildman–Crippen MR) is 51.4 cm³/mol. The van der Waals surface area contributed by atoms with E-state index in [4.69, 9.17) is 4.74 Å². The first-order valence-electron chi connectivity index (χ1n) is 4.93. The normalized spacial score (nSPS) is 24.6. The Morgan fingerprint density at radius 2 is 2.00 bits per heavy atom. The third-order valence-corrected chi connectivity index (χ3v) is 2.48. The summed E-state index contributed by atoms with van der Waals surface area (Å²) in [5.74, 6) is 0.598. The molecule has 0 saturated carbocycles. The third kappa shape index (κ3) is 2.44. The molecular weight excluding hydrogens is 166 g/mol. The third-order valence-electron chi connectivity index (χ3n) is 2.48. The van der Waals surface area contributed by atoms with E-state index in [-0.39, 0.29) is 24.7 Å². The lowest BCUT2D eigenvalue weighted by molar-refractivity contribution is -0.153. The van der Waals surface area contributed by atoms with E-state index < -0.39 is 0 Å². The summed E-state index contributed by atoms with van der Waals surface area (Å²) in [6.45, 7) is 9.33. The summed E-state index contributed by atoms with van der Waals surface area (Å²) in [6, 6.07) is 0.289. The minimum atomic E-state index is 0.118. The van der Waals surface area contributed by atoms with Crippen molar-refractivity contribution in [1.82, 2.24) is 4.90 Å². The standard InChI is InChI=1S/C10H19NO2/c1-7(2)9-5-11(8(3)4)10(12)6-13-9/h7-9H,5-6H2,1-4H3. The summed E-state index contributed by atoms with van der Waals surface area (Å²) in [5, 5.41) is 0. The van der Waals surface area contributed by atoms with Crippen molar-refractivity contribution in [3.63, 3.8) is 0 Å². The van der Waals surface area contributed by atoms with Crippen molar-refractivity contribution in [3.05, 3.63) is 0 Å². The van der Waals surface area contributed by atoms with Crippen LogP contribution in [0.5, 0.6) is 0 Å². The average molecular weight is 185 g/mol. The van der Waals surface area contributed by atoms with Crippen LogP contribution in [0.3, 0.4) is 0 Å². The topological polar surface area (TPSA) is 29.5 Å². The van der Waals surface area contributed by atoms with Crippen LogP contribution in [0.2, 0.25) is 0 Å². The smallest absolute Gasteiger partial charge is 0.248 e. The van der Waals surface area contributed by atoms with E-state index in [0.717, 1.165) is 6.54 Å². The van der Waals surface area contributed by atoms with Crippen LogP contribution in [0.25, 0.3) is 0 Å². The van der Waals surface area contributed by atoms with Gasteiger partial charge in [-0.1, -0.05) is 13.8 Å². The molecule has 1 aliphatic heterocycles. The number of ether oxygens (including phenoxy) is 1. The van der Waals surface area contributed by atoms with Gasteiger partial charge in [-0.3, -0.25) is 4.79 Å². The van der Waals surface area contributed by atoms with Gasteiger partial charge in [-0.05, 0) is 19.8 Å². The molecule has 0 aromatic heterocycles. The van der Waals surface area contributed by atoms with Crippen LogP contribution in [0, 0.1) is 5.92 Å². The number of rotatable bonds is 2. The summed E-state index contributed by atoms with van der Waals surface area (Å²) < 4.78 is 5.44. The SMILES string of the molecule is CC(C)C1CN(C(C)C)C(=O)CO1.